The predicted molar refractivity (Wildman–Crippen MR) is 51.9 cm³/mol. The molecule has 1 aromatic heterocycles. The molecule has 13 heavy (non-hydrogen) atoms. The summed E-state index contributed by atoms with van der Waals surface area (Å²) in [6.07, 6.45) is 3.76. The van der Waals surface area contributed by atoms with Gasteiger partial charge in [-0.2, -0.15) is 0 Å². The highest BCUT2D eigenvalue weighted by molar-refractivity contribution is 6.19. The second-order valence-corrected chi connectivity index (χ2v) is 3.14. The highest BCUT2D eigenvalue weighted by atomic mass is 35.5. The van der Waals surface area contributed by atoms with Crippen LogP contribution in [0.2, 0.25) is 0 Å². The quantitative estimate of drug-likeness (QED) is 0.650. The molecule has 1 fully saturated rings. The van der Waals surface area contributed by atoms with Crippen LogP contribution in [0.5, 0.6) is 0 Å². The lowest BCUT2D eigenvalue weighted by Gasteiger charge is -1.91. The lowest BCUT2D eigenvalue weighted by atomic mass is 10.4. The topological polar surface area (TPSA) is 42.1 Å². The Morgan fingerprint density at radius 2 is 2.38 bits per heavy atom. The van der Waals surface area contributed by atoms with Crippen LogP contribution in [0.25, 0.3) is 0 Å². The van der Waals surface area contributed by atoms with Crippen LogP contribution in [-0.4, -0.2) is 17.2 Å². The van der Waals surface area contributed by atoms with E-state index in [-0.39, 0.29) is 11.1 Å². The number of halogens is 1. The molecule has 0 spiro atoms. The van der Waals surface area contributed by atoms with Crippen molar-refractivity contribution >= 4 is 11.6 Å². The number of ether oxygens (including phenoxy) is 1. The molecule has 0 amide bonds. The number of aromatic nitrogens is 1. The van der Waals surface area contributed by atoms with Gasteiger partial charge in [0.05, 0.1) is 0 Å². The van der Waals surface area contributed by atoms with Crippen LogP contribution in [0.4, 0.5) is 0 Å². The normalized spacial score (nSPS) is 20.5. The summed E-state index contributed by atoms with van der Waals surface area (Å²) in [4.78, 5) is 12.7. The Bertz CT molecular complexity index is 263. The molecule has 4 heteroatoms. The summed E-state index contributed by atoms with van der Waals surface area (Å²) in [6.45, 7) is 0.855. The maximum Gasteiger partial charge on any atom is 0.247 e. The maximum absolute atomic E-state index is 10.2. The van der Waals surface area contributed by atoms with E-state index in [0.717, 1.165) is 19.4 Å². The Balaban J connectivity index is 0.000000132. The average molecular weight is 202 g/mol. The molecule has 0 aliphatic carbocycles. The summed E-state index contributed by atoms with van der Waals surface area (Å²) in [6, 6.07) is 4.93. The van der Waals surface area contributed by atoms with Crippen molar-refractivity contribution in [2.75, 3.05) is 6.61 Å². The summed E-state index contributed by atoms with van der Waals surface area (Å²) in [5.41, 5.74) is -0.0347. The first-order valence-corrected chi connectivity index (χ1v) is 4.62. The van der Waals surface area contributed by atoms with Gasteiger partial charge in [-0.05, 0) is 18.9 Å². The van der Waals surface area contributed by atoms with Crippen LogP contribution in [0.1, 0.15) is 12.8 Å². The SMILES string of the molecule is ClC1CCCO1.O=c1cccc[nH]1. The summed E-state index contributed by atoms with van der Waals surface area (Å²) >= 11 is 5.49. The fraction of sp³-hybridized carbons (Fsp3) is 0.444. The van der Waals surface area contributed by atoms with Gasteiger partial charge in [-0.1, -0.05) is 17.7 Å². The van der Waals surface area contributed by atoms with Gasteiger partial charge in [-0.25, -0.2) is 0 Å². The number of alkyl halides is 1. The number of aromatic amines is 1. The lowest BCUT2D eigenvalue weighted by molar-refractivity contribution is 0.168. The van der Waals surface area contributed by atoms with Gasteiger partial charge in [0.15, 0.2) is 0 Å². The fourth-order valence-corrected chi connectivity index (χ4v) is 1.16. The smallest absolute Gasteiger partial charge is 0.247 e. The zero-order chi connectivity index (χ0) is 9.52. The first-order chi connectivity index (χ1) is 6.29. The number of H-pyrrole nitrogens is 1. The third kappa shape index (κ3) is 4.70. The molecule has 1 aliphatic heterocycles. The molecule has 1 saturated heterocycles. The Morgan fingerprint density at radius 1 is 1.54 bits per heavy atom. The van der Waals surface area contributed by atoms with Crippen molar-refractivity contribution < 1.29 is 4.74 Å². The molecular weight excluding hydrogens is 190 g/mol. The van der Waals surface area contributed by atoms with Gasteiger partial charge in [0.2, 0.25) is 5.56 Å². The van der Waals surface area contributed by atoms with Gasteiger partial charge < -0.3 is 9.72 Å². The molecule has 1 N–H and O–H groups in total. The van der Waals surface area contributed by atoms with E-state index in [1.54, 1.807) is 18.3 Å². The highest BCUT2D eigenvalue weighted by Gasteiger charge is 2.09. The zero-order valence-corrected chi connectivity index (χ0v) is 7.96. The molecule has 1 aromatic rings. The van der Waals surface area contributed by atoms with Crippen molar-refractivity contribution in [3.8, 4) is 0 Å². The Morgan fingerprint density at radius 3 is 2.62 bits per heavy atom. The number of nitrogens with one attached hydrogen (secondary N) is 1. The first kappa shape index (κ1) is 10.3. The summed E-state index contributed by atoms with van der Waals surface area (Å²) in [5, 5.41) is 0. The molecule has 1 atom stereocenters. The van der Waals surface area contributed by atoms with Crippen molar-refractivity contribution in [2.45, 2.75) is 18.4 Å². The van der Waals surface area contributed by atoms with E-state index in [1.165, 1.54) is 6.07 Å². The number of rotatable bonds is 0. The minimum absolute atomic E-state index is 0.0185. The second kappa shape index (κ2) is 5.78. The molecule has 1 aliphatic rings. The van der Waals surface area contributed by atoms with Crippen molar-refractivity contribution in [3.63, 3.8) is 0 Å². The van der Waals surface area contributed by atoms with Crippen LogP contribution in [-0.2, 0) is 4.74 Å². The zero-order valence-electron chi connectivity index (χ0n) is 7.20. The number of pyridine rings is 1. The molecule has 3 nitrogen and oxygen atoms in total. The van der Waals surface area contributed by atoms with Crippen LogP contribution in [0.3, 0.4) is 0 Å². The molecule has 0 saturated carbocycles. The Labute approximate surface area is 81.7 Å². The minimum Gasteiger partial charge on any atom is -0.362 e. The summed E-state index contributed by atoms with van der Waals surface area (Å²) < 4.78 is 4.92. The van der Waals surface area contributed by atoms with E-state index >= 15 is 0 Å². The van der Waals surface area contributed by atoms with E-state index in [1.807, 2.05) is 0 Å². The summed E-state index contributed by atoms with van der Waals surface area (Å²) in [7, 11) is 0. The molecule has 2 heterocycles. The summed E-state index contributed by atoms with van der Waals surface area (Å²) in [5.74, 6) is 0. The minimum atomic E-state index is -0.0532. The molecule has 72 valence electrons. The second-order valence-electron chi connectivity index (χ2n) is 2.65. The van der Waals surface area contributed by atoms with E-state index in [4.69, 9.17) is 16.3 Å². The maximum atomic E-state index is 10.2. The first-order valence-electron chi connectivity index (χ1n) is 4.18. The standard InChI is InChI=1S/C5H5NO.C4H7ClO/c7-5-3-1-2-4-6-5;5-4-2-1-3-6-4/h1-4H,(H,6,7);4H,1-3H2. The Kier molecular flexibility index (Phi) is 4.57. The monoisotopic (exact) mass is 201 g/mol. The molecule has 1 unspecified atom stereocenters. The van der Waals surface area contributed by atoms with Gasteiger partial charge in [-0.15, -0.1) is 0 Å². The van der Waals surface area contributed by atoms with Crippen molar-refractivity contribution in [1.82, 2.24) is 4.98 Å². The molecule has 2 rings (SSSR count). The molecule has 0 bridgehead atoms. The van der Waals surface area contributed by atoms with Gasteiger partial charge in [0.25, 0.3) is 0 Å². The van der Waals surface area contributed by atoms with E-state index < -0.39 is 0 Å². The highest BCUT2D eigenvalue weighted by Crippen LogP contribution is 2.14. The van der Waals surface area contributed by atoms with Crippen LogP contribution in [0.15, 0.2) is 29.2 Å². The number of hydrogen-bond acceptors (Lipinski definition) is 2. The van der Waals surface area contributed by atoms with Crippen molar-refractivity contribution in [3.05, 3.63) is 34.7 Å². The van der Waals surface area contributed by atoms with Gasteiger partial charge in [0, 0.05) is 18.9 Å². The van der Waals surface area contributed by atoms with Gasteiger partial charge >= 0.3 is 0 Å². The predicted octanol–water partition coefficient (Wildman–Crippen LogP) is 1.74. The van der Waals surface area contributed by atoms with Gasteiger partial charge in [0.1, 0.15) is 5.56 Å². The lowest BCUT2D eigenvalue weighted by Crippen LogP contribution is -1.98. The Hall–Kier alpha value is -0.800. The largest absolute Gasteiger partial charge is 0.362 e. The fourth-order valence-electron chi connectivity index (χ4n) is 0.915. The molecule has 0 aromatic carbocycles. The van der Waals surface area contributed by atoms with E-state index in [2.05, 4.69) is 4.98 Å². The van der Waals surface area contributed by atoms with Crippen molar-refractivity contribution in [1.29, 1.82) is 0 Å². The van der Waals surface area contributed by atoms with E-state index in [9.17, 15) is 4.79 Å². The average Bonchev–Trinajstić information content (AvgIpc) is 2.58. The molecule has 0 radical (unpaired) electrons. The van der Waals surface area contributed by atoms with Crippen LogP contribution < -0.4 is 5.56 Å². The van der Waals surface area contributed by atoms with Crippen LogP contribution >= 0.6 is 11.6 Å². The molecular formula is C9H12ClNO2. The van der Waals surface area contributed by atoms with Crippen LogP contribution in [0, 0.1) is 0 Å². The number of hydrogen-bond donors (Lipinski definition) is 1. The van der Waals surface area contributed by atoms with Crippen molar-refractivity contribution in [2.24, 2.45) is 0 Å². The van der Waals surface area contributed by atoms with Gasteiger partial charge in [-0.3, -0.25) is 4.79 Å². The van der Waals surface area contributed by atoms with E-state index in [0.29, 0.717) is 0 Å². The third-order valence-corrected chi connectivity index (χ3v) is 1.90. The third-order valence-electron chi connectivity index (χ3n) is 1.55.